The third-order valence-corrected chi connectivity index (χ3v) is 4.87. The first kappa shape index (κ1) is 18.3. The Kier molecular flexibility index (Phi) is 5.18. The summed E-state index contributed by atoms with van der Waals surface area (Å²) < 4.78 is 5.35. The number of anilines is 1. The Morgan fingerprint density at radius 3 is 2.50 bits per heavy atom. The molecule has 1 heterocycles. The molecule has 0 bridgehead atoms. The molecule has 3 rings (SSSR count). The Balaban J connectivity index is 2.20. The van der Waals surface area contributed by atoms with E-state index in [-0.39, 0.29) is 6.61 Å². The topological polar surface area (TPSA) is 77.6 Å². The quantitative estimate of drug-likeness (QED) is 0.511. The molecule has 0 saturated heterocycles. The summed E-state index contributed by atoms with van der Waals surface area (Å²) in [7, 11) is 7.31. The number of hydrogen-bond donors (Lipinski definition) is 5. The zero-order valence-corrected chi connectivity index (χ0v) is 15.6. The zero-order chi connectivity index (χ0) is 18.7. The number of methoxy groups -OCH3 is 1. The van der Waals surface area contributed by atoms with Gasteiger partial charge in [0.1, 0.15) is 5.75 Å². The van der Waals surface area contributed by atoms with Crippen LogP contribution in [-0.4, -0.2) is 39.1 Å². The maximum Gasteiger partial charge on any atom is 0.165 e. The molecule has 2 aromatic carbocycles. The van der Waals surface area contributed by atoms with Gasteiger partial charge < -0.3 is 20.5 Å². The van der Waals surface area contributed by atoms with Gasteiger partial charge >= 0.3 is 0 Å². The molecular formula is C20H26N4O2. The summed E-state index contributed by atoms with van der Waals surface area (Å²) in [6, 6.07) is 11.9. The van der Waals surface area contributed by atoms with Crippen molar-refractivity contribution in [2.45, 2.75) is 12.4 Å². The molecule has 0 unspecified atom stereocenters. The monoisotopic (exact) mass is 354 g/mol. The summed E-state index contributed by atoms with van der Waals surface area (Å²) in [5, 5.41) is 23.4. The van der Waals surface area contributed by atoms with Gasteiger partial charge in [0.2, 0.25) is 0 Å². The Morgan fingerprint density at radius 1 is 1.12 bits per heavy atom. The summed E-state index contributed by atoms with van der Waals surface area (Å²) in [5.74, 6) is 0.228. The molecule has 6 heteroatoms. The standard InChI is InChI=1S/C20H26N4O2/c1-21-18-11-20(22-2,23-3)24-17-9-8-15(16(12-25)19(17)18)13-6-5-7-14(10-13)26-4/h5-11,21-25H,12H2,1-4H3. The highest BCUT2D eigenvalue weighted by atomic mass is 16.5. The van der Waals surface area contributed by atoms with Crippen molar-refractivity contribution in [1.82, 2.24) is 16.0 Å². The van der Waals surface area contributed by atoms with Crippen molar-refractivity contribution in [3.8, 4) is 16.9 Å². The van der Waals surface area contributed by atoms with Gasteiger partial charge in [-0.15, -0.1) is 0 Å². The van der Waals surface area contributed by atoms with E-state index in [0.717, 1.165) is 39.4 Å². The molecule has 0 aromatic heterocycles. The van der Waals surface area contributed by atoms with Gasteiger partial charge in [-0.25, -0.2) is 0 Å². The van der Waals surface area contributed by atoms with Crippen LogP contribution < -0.4 is 26.0 Å². The maximum atomic E-state index is 10.2. The van der Waals surface area contributed by atoms with Gasteiger partial charge in [-0.05, 0) is 55.1 Å². The van der Waals surface area contributed by atoms with Crippen molar-refractivity contribution in [1.29, 1.82) is 0 Å². The predicted octanol–water partition coefficient (Wildman–Crippen LogP) is 1.93. The van der Waals surface area contributed by atoms with E-state index in [0.29, 0.717) is 0 Å². The Labute approximate surface area is 154 Å². The fraction of sp³-hybridized carbons (Fsp3) is 0.300. The SMILES string of the molecule is CNC1=CC(NC)(NC)Nc2ccc(-c3cccc(OC)c3)c(CO)c21. The smallest absolute Gasteiger partial charge is 0.165 e. The van der Waals surface area contributed by atoms with E-state index >= 15 is 0 Å². The number of likely N-dealkylation sites (N-methyl/N-ethyl adjacent to an activating group) is 2. The molecule has 138 valence electrons. The number of hydrogen-bond acceptors (Lipinski definition) is 6. The van der Waals surface area contributed by atoms with E-state index < -0.39 is 5.79 Å². The van der Waals surface area contributed by atoms with E-state index in [1.807, 2.05) is 63.6 Å². The average Bonchev–Trinajstić information content (AvgIpc) is 2.71. The van der Waals surface area contributed by atoms with Crippen LogP contribution >= 0.6 is 0 Å². The van der Waals surface area contributed by atoms with Crippen LogP contribution in [0.25, 0.3) is 16.8 Å². The number of fused-ring (bicyclic) bond motifs is 1. The van der Waals surface area contributed by atoms with Crippen molar-refractivity contribution < 1.29 is 9.84 Å². The molecule has 1 aliphatic heterocycles. The summed E-state index contributed by atoms with van der Waals surface area (Å²) in [6.45, 7) is -0.0669. The molecule has 0 atom stereocenters. The highest BCUT2D eigenvalue weighted by Gasteiger charge is 2.31. The number of rotatable bonds is 6. The van der Waals surface area contributed by atoms with E-state index in [2.05, 4.69) is 21.3 Å². The lowest BCUT2D eigenvalue weighted by molar-refractivity contribution is 0.282. The first-order valence-electron chi connectivity index (χ1n) is 8.59. The minimum absolute atomic E-state index is 0.0669. The van der Waals surface area contributed by atoms with Crippen molar-refractivity contribution in [2.24, 2.45) is 0 Å². The minimum Gasteiger partial charge on any atom is -0.497 e. The van der Waals surface area contributed by atoms with Gasteiger partial charge in [-0.2, -0.15) is 0 Å². The lowest BCUT2D eigenvalue weighted by Crippen LogP contribution is -2.60. The molecule has 0 spiro atoms. The van der Waals surface area contributed by atoms with Gasteiger partial charge in [-0.3, -0.25) is 10.6 Å². The van der Waals surface area contributed by atoms with E-state index in [1.165, 1.54) is 0 Å². The highest BCUT2D eigenvalue weighted by molar-refractivity contribution is 5.87. The third-order valence-electron chi connectivity index (χ3n) is 4.87. The van der Waals surface area contributed by atoms with Crippen LogP contribution in [0.4, 0.5) is 5.69 Å². The fourth-order valence-electron chi connectivity index (χ4n) is 3.41. The zero-order valence-electron chi connectivity index (χ0n) is 15.6. The largest absolute Gasteiger partial charge is 0.497 e. The molecule has 0 fully saturated rings. The molecular weight excluding hydrogens is 328 g/mol. The van der Waals surface area contributed by atoms with Crippen LogP contribution in [0, 0.1) is 0 Å². The first-order valence-corrected chi connectivity index (χ1v) is 8.59. The molecule has 6 nitrogen and oxygen atoms in total. The second kappa shape index (κ2) is 7.37. The summed E-state index contributed by atoms with van der Waals surface area (Å²) in [4.78, 5) is 0. The van der Waals surface area contributed by atoms with Gasteiger partial charge in [-0.1, -0.05) is 18.2 Å². The lowest BCUT2D eigenvalue weighted by atomic mass is 9.90. The summed E-state index contributed by atoms with van der Waals surface area (Å²) in [6.07, 6.45) is 2.05. The van der Waals surface area contributed by atoms with E-state index in [9.17, 15) is 5.11 Å². The molecule has 26 heavy (non-hydrogen) atoms. The normalized spacial score (nSPS) is 14.9. The van der Waals surface area contributed by atoms with E-state index in [1.54, 1.807) is 7.11 Å². The van der Waals surface area contributed by atoms with Crippen LogP contribution in [0.5, 0.6) is 5.75 Å². The molecule has 0 saturated carbocycles. The second-order valence-electron chi connectivity index (χ2n) is 6.15. The number of benzene rings is 2. The Morgan fingerprint density at radius 2 is 1.88 bits per heavy atom. The van der Waals surface area contributed by atoms with Crippen molar-refractivity contribution in [3.05, 3.63) is 53.6 Å². The van der Waals surface area contributed by atoms with Gasteiger partial charge in [0, 0.05) is 24.0 Å². The van der Waals surface area contributed by atoms with Gasteiger partial charge in [0.05, 0.1) is 13.7 Å². The van der Waals surface area contributed by atoms with Crippen LogP contribution in [0.2, 0.25) is 0 Å². The van der Waals surface area contributed by atoms with Crippen LogP contribution in [-0.2, 0) is 6.61 Å². The minimum atomic E-state index is -0.560. The second-order valence-corrected chi connectivity index (χ2v) is 6.15. The molecule has 0 amide bonds. The third kappa shape index (κ3) is 3.03. The van der Waals surface area contributed by atoms with Crippen LogP contribution in [0.3, 0.4) is 0 Å². The maximum absolute atomic E-state index is 10.2. The van der Waals surface area contributed by atoms with E-state index in [4.69, 9.17) is 4.74 Å². The fourth-order valence-corrected chi connectivity index (χ4v) is 3.41. The first-order chi connectivity index (χ1) is 12.6. The van der Waals surface area contributed by atoms with Gasteiger partial charge in [0.25, 0.3) is 0 Å². The lowest BCUT2D eigenvalue weighted by Gasteiger charge is -2.38. The van der Waals surface area contributed by atoms with Crippen molar-refractivity contribution in [3.63, 3.8) is 0 Å². The van der Waals surface area contributed by atoms with Crippen molar-refractivity contribution in [2.75, 3.05) is 33.6 Å². The van der Waals surface area contributed by atoms with Crippen LogP contribution in [0.1, 0.15) is 11.1 Å². The molecule has 0 radical (unpaired) electrons. The number of aliphatic hydroxyl groups is 1. The average molecular weight is 354 g/mol. The molecule has 0 aliphatic carbocycles. The predicted molar refractivity (Wildman–Crippen MR) is 106 cm³/mol. The molecule has 1 aliphatic rings. The molecule has 5 N–H and O–H groups in total. The summed E-state index contributed by atoms with van der Waals surface area (Å²) in [5.41, 5.74) is 5.70. The summed E-state index contributed by atoms with van der Waals surface area (Å²) >= 11 is 0. The molecule has 2 aromatic rings. The van der Waals surface area contributed by atoms with Crippen LogP contribution in [0.15, 0.2) is 42.5 Å². The van der Waals surface area contributed by atoms with Gasteiger partial charge in [0.15, 0.2) is 5.79 Å². The van der Waals surface area contributed by atoms with Crippen molar-refractivity contribution >= 4 is 11.4 Å². The highest BCUT2D eigenvalue weighted by Crippen LogP contribution is 2.39. The number of ether oxygens (including phenoxy) is 1. The Hall–Kier alpha value is -2.54. The Bertz CT molecular complexity index is 829. The number of nitrogens with one attached hydrogen (secondary N) is 4. The number of aliphatic hydroxyl groups excluding tert-OH is 1.